The van der Waals surface area contributed by atoms with Gasteiger partial charge >= 0.3 is 0 Å². The van der Waals surface area contributed by atoms with Crippen molar-refractivity contribution < 1.29 is 13.6 Å². The van der Waals surface area contributed by atoms with Crippen molar-refractivity contribution in [1.82, 2.24) is 4.98 Å². The van der Waals surface area contributed by atoms with E-state index in [1.54, 1.807) is 0 Å². The summed E-state index contributed by atoms with van der Waals surface area (Å²) < 4.78 is 26.4. The van der Waals surface area contributed by atoms with Gasteiger partial charge in [-0.05, 0) is 18.2 Å². The van der Waals surface area contributed by atoms with Crippen molar-refractivity contribution in [2.24, 2.45) is 5.84 Å². The number of nitrogen functional groups attached to an aromatic ring is 1. The molecule has 0 saturated carbocycles. The molecule has 0 aliphatic carbocycles. The highest BCUT2D eigenvalue weighted by Gasteiger charge is 2.14. The second-order valence-corrected chi connectivity index (χ2v) is 3.62. The molecule has 0 aliphatic heterocycles. The number of nitrogens with one attached hydrogen (secondary N) is 2. The van der Waals surface area contributed by atoms with Gasteiger partial charge in [-0.2, -0.15) is 0 Å². The molecule has 0 saturated heterocycles. The van der Waals surface area contributed by atoms with Crippen molar-refractivity contribution in [3.8, 4) is 0 Å². The second kappa shape index (κ2) is 5.40. The molecule has 4 N–H and O–H groups in total. The molecule has 1 heterocycles. The van der Waals surface area contributed by atoms with Crippen molar-refractivity contribution in [2.75, 3.05) is 10.7 Å². The zero-order valence-electron chi connectivity index (χ0n) is 9.65. The van der Waals surface area contributed by atoms with Gasteiger partial charge in [-0.25, -0.2) is 8.78 Å². The van der Waals surface area contributed by atoms with E-state index < -0.39 is 17.5 Å². The molecule has 2 rings (SSSR count). The van der Waals surface area contributed by atoms with Crippen molar-refractivity contribution in [2.45, 2.75) is 0 Å². The third-order valence-corrected chi connectivity index (χ3v) is 2.42. The van der Waals surface area contributed by atoms with E-state index in [0.29, 0.717) is 5.69 Å². The first-order valence-corrected chi connectivity index (χ1v) is 5.29. The number of benzene rings is 1. The van der Waals surface area contributed by atoms with Gasteiger partial charge in [0, 0.05) is 12.4 Å². The molecule has 98 valence electrons. The van der Waals surface area contributed by atoms with Gasteiger partial charge in [0.2, 0.25) is 0 Å². The minimum Gasteiger partial charge on any atom is -0.323 e. The lowest BCUT2D eigenvalue weighted by molar-refractivity contribution is 0.102. The molecule has 5 nitrogen and oxygen atoms in total. The number of pyridine rings is 1. The highest BCUT2D eigenvalue weighted by atomic mass is 19.2. The Morgan fingerprint density at radius 3 is 2.74 bits per heavy atom. The maximum atomic E-state index is 13.4. The smallest absolute Gasteiger partial charge is 0.259 e. The van der Waals surface area contributed by atoms with E-state index in [-0.39, 0.29) is 11.3 Å². The molecule has 19 heavy (non-hydrogen) atoms. The molecule has 2 aromatic rings. The number of amides is 1. The molecular weight excluding hydrogens is 254 g/mol. The summed E-state index contributed by atoms with van der Waals surface area (Å²) in [5.74, 6) is 2.43. The molecule has 0 radical (unpaired) electrons. The van der Waals surface area contributed by atoms with Crippen LogP contribution >= 0.6 is 0 Å². The highest BCUT2D eigenvalue weighted by molar-refractivity contribution is 6.07. The number of nitrogens with two attached hydrogens (primary N) is 1. The summed E-state index contributed by atoms with van der Waals surface area (Å²) in [6, 6.07) is 4.99. The Labute approximate surface area is 107 Å². The molecule has 0 spiro atoms. The van der Waals surface area contributed by atoms with E-state index in [2.05, 4.69) is 15.7 Å². The second-order valence-electron chi connectivity index (χ2n) is 3.62. The molecule has 0 bridgehead atoms. The Morgan fingerprint density at radius 2 is 2.00 bits per heavy atom. The summed E-state index contributed by atoms with van der Waals surface area (Å²) >= 11 is 0. The lowest BCUT2D eigenvalue weighted by Crippen LogP contribution is -2.18. The molecule has 0 aliphatic rings. The number of aromatic nitrogens is 1. The maximum Gasteiger partial charge on any atom is 0.259 e. The Bertz CT molecular complexity index is 618. The van der Waals surface area contributed by atoms with Crippen LogP contribution in [-0.2, 0) is 0 Å². The predicted molar refractivity (Wildman–Crippen MR) is 66.4 cm³/mol. The number of carbonyl (C=O) groups excluding carboxylic acids is 1. The van der Waals surface area contributed by atoms with Crippen LogP contribution in [0, 0.1) is 11.6 Å². The summed E-state index contributed by atoms with van der Waals surface area (Å²) in [5.41, 5.74) is 2.51. The van der Waals surface area contributed by atoms with Crippen molar-refractivity contribution in [3.05, 3.63) is 53.9 Å². The zero-order valence-corrected chi connectivity index (χ0v) is 9.65. The van der Waals surface area contributed by atoms with Crippen LogP contribution in [0.3, 0.4) is 0 Å². The van der Waals surface area contributed by atoms with Crippen LogP contribution in [0.25, 0.3) is 0 Å². The van der Waals surface area contributed by atoms with E-state index in [1.807, 2.05) is 0 Å². The van der Waals surface area contributed by atoms with Crippen LogP contribution in [0.15, 0.2) is 36.7 Å². The molecule has 1 aromatic carbocycles. The first-order chi connectivity index (χ1) is 9.13. The fourth-order valence-corrected chi connectivity index (χ4v) is 1.49. The van der Waals surface area contributed by atoms with Gasteiger partial charge in [-0.1, -0.05) is 6.07 Å². The number of hydrazine groups is 1. The lowest BCUT2D eigenvalue weighted by Gasteiger charge is -2.09. The summed E-state index contributed by atoms with van der Waals surface area (Å²) in [6.45, 7) is 0. The molecular formula is C12H10F2N4O. The van der Waals surface area contributed by atoms with Crippen LogP contribution in [0.4, 0.5) is 20.2 Å². The molecule has 0 fully saturated rings. The quantitative estimate of drug-likeness (QED) is 0.584. The van der Waals surface area contributed by atoms with Crippen LogP contribution in [0.5, 0.6) is 0 Å². The Hall–Kier alpha value is -2.54. The first kappa shape index (κ1) is 12.9. The summed E-state index contributed by atoms with van der Waals surface area (Å²) in [5, 5.41) is 2.25. The molecule has 1 aromatic heterocycles. The number of carbonyl (C=O) groups is 1. The summed E-state index contributed by atoms with van der Waals surface area (Å²) in [6.07, 6.45) is 2.70. The largest absolute Gasteiger partial charge is 0.323 e. The normalized spacial score (nSPS) is 10.1. The van der Waals surface area contributed by atoms with Crippen LogP contribution in [-0.4, -0.2) is 10.9 Å². The van der Waals surface area contributed by atoms with Gasteiger partial charge in [0.1, 0.15) is 0 Å². The van der Waals surface area contributed by atoms with Gasteiger partial charge in [0.05, 0.1) is 16.9 Å². The average Bonchev–Trinajstić information content (AvgIpc) is 2.43. The van der Waals surface area contributed by atoms with Gasteiger partial charge in [0.15, 0.2) is 11.6 Å². The van der Waals surface area contributed by atoms with Crippen LogP contribution < -0.4 is 16.6 Å². The van der Waals surface area contributed by atoms with E-state index in [1.165, 1.54) is 30.6 Å². The zero-order chi connectivity index (χ0) is 13.8. The number of halogens is 2. The minimum atomic E-state index is -1.12. The van der Waals surface area contributed by atoms with Crippen molar-refractivity contribution in [3.63, 3.8) is 0 Å². The third kappa shape index (κ3) is 2.66. The Morgan fingerprint density at radius 1 is 1.21 bits per heavy atom. The summed E-state index contributed by atoms with van der Waals surface area (Å²) in [4.78, 5) is 15.7. The first-order valence-electron chi connectivity index (χ1n) is 5.29. The minimum absolute atomic E-state index is 0.119. The highest BCUT2D eigenvalue weighted by Crippen LogP contribution is 2.19. The summed E-state index contributed by atoms with van der Waals surface area (Å²) in [7, 11) is 0. The fraction of sp³-hybridized carbons (Fsp3) is 0. The topological polar surface area (TPSA) is 80.0 Å². The SMILES string of the molecule is NNc1ccncc1C(=O)Nc1cccc(F)c1F. The number of hydrogen-bond acceptors (Lipinski definition) is 4. The molecule has 0 atom stereocenters. The third-order valence-electron chi connectivity index (χ3n) is 2.42. The monoisotopic (exact) mass is 264 g/mol. The van der Waals surface area contributed by atoms with E-state index in [9.17, 15) is 13.6 Å². The Kier molecular flexibility index (Phi) is 3.67. The number of nitrogens with zero attached hydrogens (tertiary/aromatic N) is 1. The van der Waals surface area contributed by atoms with Crippen molar-refractivity contribution >= 4 is 17.3 Å². The lowest BCUT2D eigenvalue weighted by atomic mass is 10.2. The van der Waals surface area contributed by atoms with Crippen molar-refractivity contribution in [1.29, 1.82) is 0 Å². The maximum absolute atomic E-state index is 13.4. The van der Waals surface area contributed by atoms with E-state index in [4.69, 9.17) is 5.84 Å². The number of anilines is 2. The van der Waals surface area contributed by atoms with Gasteiger partial charge in [-0.15, -0.1) is 0 Å². The van der Waals surface area contributed by atoms with Gasteiger partial charge < -0.3 is 10.7 Å². The van der Waals surface area contributed by atoms with Crippen LogP contribution in [0.2, 0.25) is 0 Å². The standard InChI is InChI=1S/C12H10F2N4O/c13-8-2-1-3-10(11(8)14)17-12(19)7-6-16-5-4-9(7)18-15/h1-6H,15H2,(H,16,18)(H,17,19). The van der Waals surface area contributed by atoms with Gasteiger partial charge in [0.25, 0.3) is 5.91 Å². The fourth-order valence-electron chi connectivity index (χ4n) is 1.49. The molecule has 7 heteroatoms. The molecule has 1 amide bonds. The molecule has 0 unspecified atom stereocenters. The predicted octanol–water partition coefficient (Wildman–Crippen LogP) is 1.90. The van der Waals surface area contributed by atoms with E-state index in [0.717, 1.165) is 6.07 Å². The number of hydrogen-bond donors (Lipinski definition) is 3. The van der Waals surface area contributed by atoms with Gasteiger partial charge in [-0.3, -0.25) is 15.6 Å². The average molecular weight is 264 g/mol. The number of rotatable bonds is 3. The van der Waals surface area contributed by atoms with E-state index >= 15 is 0 Å². The Balaban J connectivity index is 2.28. The van der Waals surface area contributed by atoms with Crippen LogP contribution in [0.1, 0.15) is 10.4 Å².